The lowest BCUT2D eigenvalue weighted by atomic mass is 10.2. The van der Waals surface area contributed by atoms with E-state index in [4.69, 9.17) is 5.26 Å². The van der Waals surface area contributed by atoms with Crippen molar-refractivity contribution in [3.63, 3.8) is 0 Å². The highest BCUT2D eigenvalue weighted by molar-refractivity contribution is 5.48. The molecule has 2 N–H and O–H groups in total. The van der Waals surface area contributed by atoms with Gasteiger partial charge in [-0.1, -0.05) is 6.07 Å². The molecular formula is C11H14N4. The second-order valence-corrected chi connectivity index (χ2v) is 3.54. The zero-order valence-electron chi connectivity index (χ0n) is 8.53. The van der Waals surface area contributed by atoms with Crippen molar-refractivity contribution in [3.05, 3.63) is 29.8 Å². The van der Waals surface area contributed by atoms with Gasteiger partial charge in [0.1, 0.15) is 0 Å². The Morgan fingerprint density at radius 1 is 1.33 bits per heavy atom. The molecule has 0 saturated carbocycles. The summed E-state index contributed by atoms with van der Waals surface area (Å²) in [6.45, 7) is 3.98. The molecule has 1 aromatic rings. The lowest BCUT2D eigenvalue weighted by Gasteiger charge is -2.28. The first-order valence-electron chi connectivity index (χ1n) is 5.11. The second-order valence-electron chi connectivity index (χ2n) is 3.54. The normalized spacial score (nSPS) is 17.0. The fourth-order valence-electron chi connectivity index (χ4n) is 1.62. The fraction of sp³-hybridized carbons (Fsp3) is 0.364. The molecule has 4 heteroatoms. The van der Waals surface area contributed by atoms with Gasteiger partial charge in [-0.3, -0.25) is 0 Å². The third-order valence-corrected chi connectivity index (χ3v) is 2.40. The van der Waals surface area contributed by atoms with Crippen molar-refractivity contribution >= 4 is 5.69 Å². The van der Waals surface area contributed by atoms with Crippen molar-refractivity contribution in [1.29, 1.82) is 5.26 Å². The van der Waals surface area contributed by atoms with Crippen molar-refractivity contribution in [2.45, 2.75) is 0 Å². The van der Waals surface area contributed by atoms with E-state index in [1.165, 1.54) is 0 Å². The van der Waals surface area contributed by atoms with Crippen molar-refractivity contribution in [2.24, 2.45) is 0 Å². The molecule has 1 aliphatic rings. The van der Waals surface area contributed by atoms with Crippen molar-refractivity contribution in [2.75, 3.05) is 31.6 Å². The molecule has 1 aromatic carbocycles. The first-order valence-corrected chi connectivity index (χ1v) is 5.11. The number of benzene rings is 1. The Balaban J connectivity index is 2.00. The molecule has 0 spiro atoms. The van der Waals surface area contributed by atoms with Crippen molar-refractivity contribution in [3.8, 4) is 6.07 Å². The summed E-state index contributed by atoms with van der Waals surface area (Å²) in [7, 11) is 0. The molecule has 0 atom stereocenters. The lowest BCUT2D eigenvalue weighted by molar-refractivity contribution is 0.287. The number of anilines is 1. The topological polar surface area (TPSA) is 51.1 Å². The van der Waals surface area contributed by atoms with Crippen molar-refractivity contribution < 1.29 is 0 Å². The summed E-state index contributed by atoms with van der Waals surface area (Å²) >= 11 is 0. The van der Waals surface area contributed by atoms with Gasteiger partial charge in [0, 0.05) is 26.2 Å². The molecule has 0 unspecified atom stereocenters. The SMILES string of the molecule is N#Cc1cccc(NN2CCNCC2)c1. The van der Waals surface area contributed by atoms with Gasteiger partial charge in [-0.2, -0.15) is 5.26 Å². The van der Waals surface area contributed by atoms with E-state index in [2.05, 4.69) is 21.8 Å². The van der Waals surface area contributed by atoms with Gasteiger partial charge in [-0.25, -0.2) is 5.01 Å². The highest BCUT2D eigenvalue weighted by Gasteiger charge is 2.08. The third-order valence-electron chi connectivity index (χ3n) is 2.40. The van der Waals surface area contributed by atoms with E-state index in [1.54, 1.807) is 0 Å². The summed E-state index contributed by atoms with van der Waals surface area (Å²) in [5.41, 5.74) is 4.97. The second kappa shape index (κ2) is 4.78. The summed E-state index contributed by atoms with van der Waals surface area (Å²) < 4.78 is 0. The number of hydrogen-bond donors (Lipinski definition) is 2. The number of piperazine rings is 1. The maximum absolute atomic E-state index is 8.77. The highest BCUT2D eigenvalue weighted by atomic mass is 15.5. The molecule has 0 aromatic heterocycles. The summed E-state index contributed by atoms with van der Waals surface area (Å²) in [6.07, 6.45) is 0. The summed E-state index contributed by atoms with van der Waals surface area (Å²) in [5.74, 6) is 0. The number of nitrogens with zero attached hydrogens (tertiary/aromatic N) is 2. The molecule has 2 rings (SSSR count). The number of nitriles is 1. The molecule has 15 heavy (non-hydrogen) atoms. The van der Waals surface area contributed by atoms with Crippen LogP contribution in [-0.4, -0.2) is 31.2 Å². The van der Waals surface area contributed by atoms with Crippen molar-refractivity contribution in [1.82, 2.24) is 10.3 Å². The van der Waals surface area contributed by atoms with Crippen LogP contribution in [0.3, 0.4) is 0 Å². The molecule has 1 saturated heterocycles. The van der Waals surface area contributed by atoms with Gasteiger partial charge in [-0.15, -0.1) is 0 Å². The number of hydrazine groups is 1. The molecule has 1 fully saturated rings. The standard InChI is InChI=1S/C11H14N4/c12-9-10-2-1-3-11(8-10)14-15-6-4-13-5-7-15/h1-3,8,13-14H,4-7H2. The van der Waals surface area contributed by atoms with Gasteiger partial charge >= 0.3 is 0 Å². The summed E-state index contributed by atoms with van der Waals surface area (Å²) in [6, 6.07) is 9.67. The van der Waals surface area contributed by atoms with Gasteiger partial charge < -0.3 is 10.7 Å². The Labute approximate surface area is 89.5 Å². The molecular weight excluding hydrogens is 188 g/mol. The van der Waals surface area contributed by atoms with Crippen LogP contribution in [-0.2, 0) is 0 Å². The monoisotopic (exact) mass is 202 g/mol. The van der Waals surface area contributed by atoms with Gasteiger partial charge in [0.15, 0.2) is 0 Å². The van der Waals surface area contributed by atoms with E-state index < -0.39 is 0 Å². The Morgan fingerprint density at radius 3 is 2.87 bits per heavy atom. The molecule has 1 aliphatic heterocycles. The van der Waals surface area contributed by atoms with Crippen LogP contribution in [0.25, 0.3) is 0 Å². The molecule has 0 bridgehead atoms. The van der Waals surface area contributed by atoms with Gasteiger partial charge in [0.2, 0.25) is 0 Å². The molecule has 0 amide bonds. The Bertz CT molecular complexity index is 363. The minimum atomic E-state index is 0.690. The molecule has 0 radical (unpaired) electrons. The van der Waals surface area contributed by atoms with Crippen LogP contribution >= 0.6 is 0 Å². The van der Waals surface area contributed by atoms with Crippen LogP contribution in [0.4, 0.5) is 5.69 Å². The van der Waals surface area contributed by atoms with E-state index in [-0.39, 0.29) is 0 Å². The smallest absolute Gasteiger partial charge is 0.0992 e. The predicted octanol–water partition coefficient (Wildman–Crippen LogP) is 0.790. The Morgan fingerprint density at radius 2 is 2.13 bits per heavy atom. The quantitative estimate of drug-likeness (QED) is 0.744. The Kier molecular flexibility index (Phi) is 3.18. The van der Waals surface area contributed by atoms with Crippen LogP contribution in [0.15, 0.2) is 24.3 Å². The minimum absolute atomic E-state index is 0.690. The van der Waals surface area contributed by atoms with Gasteiger partial charge in [0.25, 0.3) is 0 Å². The maximum atomic E-state index is 8.77. The lowest BCUT2D eigenvalue weighted by Crippen LogP contribution is -2.46. The van der Waals surface area contributed by atoms with E-state index in [0.29, 0.717) is 5.56 Å². The first kappa shape index (κ1) is 9.97. The highest BCUT2D eigenvalue weighted by Crippen LogP contribution is 2.10. The van der Waals surface area contributed by atoms with Crippen LogP contribution in [0, 0.1) is 11.3 Å². The molecule has 4 nitrogen and oxygen atoms in total. The number of nitrogens with one attached hydrogen (secondary N) is 2. The zero-order chi connectivity index (χ0) is 10.5. The van der Waals surface area contributed by atoms with Crippen LogP contribution in [0.1, 0.15) is 5.56 Å². The largest absolute Gasteiger partial charge is 0.319 e. The molecule has 0 aliphatic carbocycles. The van der Waals surface area contributed by atoms with Crippen LogP contribution in [0.5, 0.6) is 0 Å². The molecule has 78 valence electrons. The summed E-state index contributed by atoms with van der Waals surface area (Å²) in [4.78, 5) is 0. The average Bonchev–Trinajstić information content (AvgIpc) is 2.31. The van der Waals surface area contributed by atoms with Crippen LogP contribution < -0.4 is 10.7 Å². The predicted molar refractivity (Wildman–Crippen MR) is 59.2 cm³/mol. The summed E-state index contributed by atoms with van der Waals surface area (Å²) in [5, 5.41) is 14.2. The zero-order valence-corrected chi connectivity index (χ0v) is 8.53. The third kappa shape index (κ3) is 2.69. The van der Waals surface area contributed by atoms with Gasteiger partial charge in [-0.05, 0) is 18.2 Å². The number of rotatable bonds is 2. The first-order chi connectivity index (χ1) is 7.38. The Hall–Kier alpha value is -1.57. The maximum Gasteiger partial charge on any atom is 0.0992 e. The van der Waals surface area contributed by atoms with E-state index in [9.17, 15) is 0 Å². The van der Waals surface area contributed by atoms with Crippen LogP contribution in [0.2, 0.25) is 0 Å². The fourth-order valence-corrected chi connectivity index (χ4v) is 1.62. The number of hydrogen-bond acceptors (Lipinski definition) is 4. The van der Waals surface area contributed by atoms with E-state index in [0.717, 1.165) is 31.9 Å². The van der Waals surface area contributed by atoms with E-state index >= 15 is 0 Å². The minimum Gasteiger partial charge on any atom is -0.319 e. The van der Waals surface area contributed by atoms with E-state index in [1.807, 2.05) is 24.3 Å². The van der Waals surface area contributed by atoms with Gasteiger partial charge in [0.05, 0.1) is 17.3 Å². The average molecular weight is 202 g/mol. The molecule has 1 heterocycles.